The van der Waals surface area contributed by atoms with E-state index in [1.165, 1.54) is 43.2 Å². The molecule has 166 valence electrons. The Morgan fingerprint density at radius 1 is 1.10 bits per heavy atom. The van der Waals surface area contributed by atoms with Crippen LogP contribution in [0.5, 0.6) is 0 Å². The van der Waals surface area contributed by atoms with Crippen LogP contribution in [0.3, 0.4) is 0 Å². The van der Waals surface area contributed by atoms with Gasteiger partial charge >= 0.3 is 0 Å². The second-order valence-electron chi connectivity index (χ2n) is 9.55. The minimum atomic E-state index is -0.0364. The van der Waals surface area contributed by atoms with Crippen LogP contribution in [0.15, 0.2) is 24.3 Å². The summed E-state index contributed by atoms with van der Waals surface area (Å²) in [5.74, 6) is 1.08. The van der Waals surface area contributed by atoms with Crippen LogP contribution in [0.1, 0.15) is 56.6 Å². The number of nitrogens with zero attached hydrogens (tertiary/aromatic N) is 1. The van der Waals surface area contributed by atoms with Gasteiger partial charge in [0.05, 0.1) is 12.6 Å². The molecule has 1 aromatic rings. The lowest BCUT2D eigenvalue weighted by atomic mass is 9.84. The highest BCUT2D eigenvalue weighted by Crippen LogP contribution is 2.32. The molecular formula is C25H39N3O2. The SMILES string of the molecule is CCC1CCC(N[C@H]2C[C@@H](C(=O)NCCOC)N(C3Cc4ccccc4C3)C2)CC1. The smallest absolute Gasteiger partial charge is 0.237 e. The molecule has 1 amide bonds. The Morgan fingerprint density at radius 3 is 2.43 bits per heavy atom. The summed E-state index contributed by atoms with van der Waals surface area (Å²) < 4.78 is 5.12. The van der Waals surface area contributed by atoms with Gasteiger partial charge in [0.25, 0.3) is 0 Å². The maximum atomic E-state index is 13.0. The van der Waals surface area contributed by atoms with Crippen LogP contribution in [0.2, 0.25) is 0 Å². The van der Waals surface area contributed by atoms with Gasteiger partial charge < -0.3 is 15.4 Å². The fourth-order valence-corrected chi connectivity index (χ4v) is 5.88. The van der Waals surface area contributed by atoms with Crippen LogP contribution >= 0.6 is 0 Å². The maximum Gasteiger partial charge on any atom is 0.237 e. The van der Waals surface area contributed by atoms with E-state index in [1.54, 1.807) is 7.11 Å². The normalized spacial score (nSPS) is 29.8. The van der Waals surface area contributed by atoms with Gasteiger partial charge in [0.15, 0.2) is 0 Å². The van der Waals surface area contributed by atoms with E-state index in [0.29, 0.717) is 31.3 Å². The van der Waals surface area contributed by atoms with E-state index >= 15 is 0 Å². The Hall–Kier alpha value is -1.43. The summed E-state index contributed by atoms with van der Waals surface area (Å²) in [6.45, 7) is 4.45. The molecule has 1 aliphatic heterocycles. The number of rotatable bonds is 8. The number of methoxy groups -OCH3 is 1. The zero-order chi connectivity index (χ0) is 20.9. The molecule has 0 radical (unpaired) electrons. The van der Waals surface area contributed by atoms with Crippen molar-refractivity contribution in [3.05, 3.63) is 35.4 Å². The first-order valence-corrected chi connectivity index (χ1v) is 12.0. The third-order valence-electron chi connectivity index (χ3n) is 7.64. The van der Waals surface area contributed by atoms with Crippen molar-refractivity contribution in [2.75, 3.05) is 26.8 Å². The average Bonchev–Trinajstić information content (AvgIpc) is 3.38. The third kappa shape index (κ3) is 5.06. The van der Waals surface area contributed by atoms with Crippen molar-refractivity contribution in [1.29, 1.82) is 0 Å². The molecule has 2 atom stereocenters. The van der Waals surface area contributed by atoms with Crippen LogP contribution < -0.4 is 10.6 Å². The summed E-state index contributed by atoms with van der Waals surface area (Å²) in [5, 5.41) is 7.05. The van der Waals surface area contributed by atoms with Crippen LogP contribution in [-0.2, 0) is 22.4 Å². The number of carbonyl (C=O) groups excluding carboxylic acids is 1. The second kappa shape index (κ2) is 10.3. The number of ether oxygens (including phenoxy) is 1. The van der Waals surface area contributed by atoms with Crippen molar-refractivity contribution in [2.24, 2.45) is 5.92 Å². The lowest BCUT2D eigenvalue weighted by Crippen LogP contribution is -2.48. The van der Waals surface area contributed by atoms with Crippen molar-refractivity contribution >= 4 is 5.91 Å². The number of amides is 1. The zero-order valence-corrected chi connectivity index (χ0v) is 18.7. The molecule has 0 spiro atoms. The predicted octanol–water partition coefficient (Wildman–Crippen LogP) is 2.92. The molecule has 2 N–H and O–H groups in total. The summed E-state index contributed by atoms with van der Waals surface area (Å²) in [6.07, 6.45) is 9.63. The first-order chi connectivity index (χ1) is 14.7. The fraction of sp³-hybridized carbons (Fsp3) is 0.720. The van der Waals surface area contributed by atoms with Crippen LogP contribution in [0, 0.1) is 5.92 Å². The molecule has 1 heterocycles. The molecule has 0 unspecified atom stereocenters. The first-order valence-electron chi connectivity index (χ1n) is 12.0. The second-order valence-corrected chi connectivity index (χ2v) is 9.55. The van der Waals surface area contributed by atoms with Crippen molar-refractivity contribution in [3.63, 3.8) is 0 Å². The highest BCUT2D eigenvalue weighted by Gasteiger charge is 2.42. The number of benzene rings is 1. The monoisotopic (exact) mass is 413 g/mol. The third-order valence-corrected chi connectivity index (χ3v) is 7.64. The van der Waals surface area contributed by atoms with E-state index < -0.39 is 0 Å². The molecule has 30 heavy (non-hydrogen) atoms. The van der Waals surface area contributed by atoms with Gasteiger partial charge in [-0.1, -0.05) is 37.6 Å². The number of fused-ring (bicyclic) bond motifs is 1. The minimum Gasteiger partial charge on any atom is -0.383 e. The Kier molecular flexibility index (Phi) is 7.45. The number of likely N-dealkylation sites (tertiary alicyclic amines) is 1. The predicted molar refractivity (Wildman–Crippen MR) is 121 cm³/mol. The van der Waals surface area contributed by atoms with E-state index in [4.69, 9.17) is 4.74 Å². The van der Waals surface area contributed by atoms with Crippen molar-refractivity contribution in [1.82, 2.24) is 15.5 Å². The summed E-state index contributed by atoms with van der Waals surface area (Å²) in [5.41, 5.74) is 2.91. The molecule has 1 aromatic carbocycles. The topological polar surface area (TPSA) is 53.6 Å². The molecule has 5 nitrogen and oxygen atoms in total. The molecule has 5 heteroatoms. The molecular weight excluding hydrogens is 374 g/mol. The fourth-order valence-electron chi connectivity index (χ4n) is 5.88. The Labute approximate surface area is 181 Å². The minimum absolute atomic E-state index is 0.0364. The summed E-state index contributed by atoms with van der Waals surface area (Å²) >= 11 is 0. The van der Waals surface area contributed by atoms with Crippen LogP contribution in [-0.4, -0.2) is 61.8 Å². The molecule has 1 saturated heterocycles. The van der Waals surface area contributed by atoms with Crippen LogP contribution in [0.4, 0.5) is 0 Å². The van der Waals surface area contributed by atoms with E-state index in [2.05, 4.69) is 46.7 Å². The van der Waals surface area contributed by atoms with E-state index in [1.807, 2.05) is 0 Å². The molecule has 0 bridgehead atoms. The van der Waals surface area contributed by atoms with E-state index in [-0.39, 0.29) is 11.9 Å². The lowest BCUT2D eigenvalue weighted by Gasteiger charge is -2.31. The largest absolute Gasteiger partial charge is 0.383 e. The Bertz CT molecular complexity index is 676. The first kappa shape index (κ1) is 21.8. The highest BCUT2D eigenvalue weighted by molar-refractivity contribution is 5.82. The lowest BCUT2D eigenvalue weighted by molar-refractivity contribution is -0.126. The summed E-state index contributed by atoms with van der Waals surface area (Å²) in [6, 6.07) is 10.2. The maximum absolute atomic E-state index is 13.0. The summed E-state index contributed by atoms with van der Waals surface area (Å²) in [7, 11) is 1.68. The number of hydrogen-bond acceptors (Lipinski definition) is 4. The van der Waals surface area contributed by atoms with Gasteiger partial charge in [0, 0.05) is 38.3 Å². The van der Waals surface area contributed by atoms with Crippen molar-refractivity contribution in [3.8, 4) is 0 Å². The van der Waals surface area contributed by atoms with E-state index in [9.17, 15) is 4.79 Å². The molecule has 2 fully saturated rings. The molecule has 1 saturated carbocycles. The van der Waals surface area contributed by atoms with Gasteiger partial charge in [-0.25, -0.2) is 0 Å². The molecule has 3 aliphatic rings. The molecule has 2 aliphatic carbocycles. The van der Waals surface area contributed by atoms with Crippen molar-refractivity contribution in [2.45, 2.75) is 82.5 Å². The van der Waals surface area contributed by atoms with Gasteiger partial charge in [-0.05, 0) is 62.0 Å². The van der Waals surface area contributed by atoms with Gasteiger partial charge in [0.2, 0.25) is 5.91 Å². The number of nitrogens with one attached hydrogen (secondary N) is 2. The standard InChI is InChI=1S/C25H39N3O2/c1-3-18-8-10-21(11-9-18)27-22-16-24(25(29)26-12-13-30-2)28(17-22)23-14-19-6-4-5-7-20(19)15-23/h4-7,18,21-24,27H,3,8-17H2,1-2H3,(H,26,29)/t18?,21?,22-,24-/m0/s1. The van der Waals surface area contributed by atoms with Gasteiger partial charge in [-0.3, -0.25) is 9.69 Å². The van der Waals surface area contributed by atoms with E-state index in [0.717, 1.165) is 31.7 Å². The number of hydrogen-bond donors (Lipinski definition) is 2. The zero-order valence-electron chi connectivity index (χ0n) is 18.7. The van der Waals surface area contributed by atoms with Gasteiger partial charge in [-0.2, -0.15) is 0 Å². The molecule has 4 rings (SSSR count). The Balaban J connectivity index is 1.39. The van der Waals surface area contributed by atoms with Gasteiger partial charge in [0.1, 0.15) is 0 Å². The molecule has 0 aromatic heterocycles. The van der Waals surface area contributed by atoms with Gasteiger partial charge in [-0.15, -0.1) is 0 Å². The summed E-state index contributed by atoms with van der Waals surface area (Å²) in [4.78, 5) is 15.5. The average molecular weight is 414 g/mol. The highest BCUT2D eigenvalue weighted by atomic mass is 16.5. The van der Waals surface area contributed by atoms with Crippen molar-refractivity contribution < 1.29 is 9.53 Å². The quantitative estimate of drug-likeness (QED) is 0.644. The Morgan fingerprint density at radius 2 is 1.80 bits per heavy atom. The number of carbonyl (C=O) groups is 1. The van der Waals surface area contributed by atoms with Crippen LogP contribution in [0.25, 0.3) is 0 Å².